The monoisotopic (exact) mass is 126 g/mol. The highest BCUT2D eigenvalue weighted by Gasteiger charge is 2.33. The van der Waals surface area contributed by atoms with E-state index in [-0.39, 0.29) is 0 Å². The minimum atomic E-state index is 0.301. The minimum absolute atomic E-state index is 0.301. The molecule has 2 heterocycles. The van der Waals surface area contributed by atoms with Gasteiger partial charge in [0.25, 0.3) is 0 Å². The van der Waals surface area contributed by atoms with Crippen LogP contribution in [0.25, 0.3) is 0 Å². The summed E-state index contributed by atoms with van der Waals surface area (Å²) in [6, 6.07) is 0. The SMILES string of the molecule is CC1ON=C2CNCC21. The van der Waals surface area contributed by atoms with Crippen molar-refractivity contribution in [1.29, 1.82) is 0 Å². The summed E-state index contributed by atoms with van der Waals surface area (Å²) in [4.78, 5) is 5.07. The second-order valence-corrected chi connectivity index (χ2v) is 2.63. The van der Waals surface area contributed by atoms with Gasteiger partial charge in [0, 0.05) is 13.1 Å². The zero-order chi connectivity index (χ0) is 6.27. The molecular formula is C6H10N2O. The van der Waals surface area contributed by atoms with Gasteiger partial charge in [-0.05, 0) is 6.92 Å². The average molecular weight is 126 g/mol. The standard InChI is InChI=1S/C6H10N2O/c1-4-5-2-7-3-6(5)8-9-4/h4-5,7H,2-3H2,1H3. The maximum Gasteiger partial charge on any atom is 0.134 e. The summed E-state index contributed by atoms with van der Waals surface area (Å²) in [5, 5.41) is 7.18. The van der Waals surface area contributed by atoms with Gasteiger partial charge in [-0.15, -0.1) is 0 Å². The van der Waals surface area contributed by atoms with Crippen LogP contribution >= 0.6 is 0 Å². The predicted molar refractivity (Wildman–Crippen MR) is 34.3 cm³/mol. The molecule has 3 nitrogen and oxygen atoms in total. The second-order valence-electron chi connectivity index (χ2n) is 2.63. The van der Waals surface area contributed by atoms with Crippen LogP contribution in [0, 0.1) is 5.92 Å². The summed E-state index contributed by atoms with van der Waals surface area (Å²) in [6.45, 7) is 4.03. The number of oxime groups is 1. The van der Waals surface area contributed by atoms with Gasteiger partial charge < -0.3 is 10.2 Å². The maximum atomic E-state index is 5.07. The number of rotatable bonds is 0. The molecule has 0 radical (unpaired) electrons. The van der Waals surface area contributed by atoms with E-state index in [2.05, 4.69) is 17.4 Å². The van der Waals surface area contributed by atoms with Crippen molar-refractivity contribution in [2.75, 3.05) is 13.1 Å². The van der Waals surface area contributed by atoms with Crippen molar-refractivity contribution in [3.63, 3.8) is 0 Å². The van der Waals surface area contributed by atoms with Crippen LogP contribution in [0.5, 0.6) is 0 Å². The summed E-state index contributed by atoms with van der Waals surface area (Å²) in [5.74, 6) is 0.560. The highest BCUT2D eigenvalue weighted by molar-refractivity contribution is 5.91. The Morgan fingerprint density at radius 3 is 3.44 bits per heavy atom. The fraction of sp³-hybridized carbons (Fsp3) is 0.833. The Hall–Kier alpha value is -0.570. The fourth-order valence-electron chi connectivity index (χ4n) is 1.37. The van der Waals surface area contributed by atoms with E-state index >= 15 is 0 Å². The molecule has 1 N–H and O–H groups in total. The van der Waals surface area contributed by atoms with E-state index in [1.807, 2.05) is 0 Å². The smallest absolute Gasteiger partial charge is 0.134 e. The average Bonchev–Trinajstić information content (AvgIpc) is 2.35. The normalized spacial score (nSPS) is 39.9. The molecule has 2 rings (SSSR count). The van der Waals surface area contributed by atoms with Gasteiger partial charge in [0.2, 0.25) is 0 Å². The van der Waals surface area contributed by atoms with Gasteiger partial charge in [-0.2, -0.15) is 0 Å². The van der Waals surface area contributed by atoms with Crippen LogP contribution in [-0.2, 0) is 4.84 Å². The highest BCUT2D eigenvalue weighted by Crippen LogP contribution is 2.20. The number of nitrogens with zero attached hydrogens (tertiary/aromatic N) is 1. The summed E-state index contributed by atoms with van der Waals surface area (Å²) in [5.41, 5.74) is 1.20. The quantitative estimate of drug-likeness (QED) is 0.495. The molecule has 2 aliphatic rings. The Morgan fingerprint density at radius 1 is 1.78 bits per heavy atom. The van der Waals surface area contributed by atoms with Crippen molar-refractivity contribution < 1.29 is 4.84 Å². The molecule has 2 atom stereocenters. The molecule has 2 aliphatic heterocycles. The Balaban J connectivity index is 2.19. The summed E-state index contributed by atoms with van der Waals surface area (Å²) >= 11 is 0. The summed E-state index contributed by atoms with van der Waals surface area (Å²) in [6.07, 6.45) is 0.301. The topological polar surface area (TPSA) is 33.6 Å². The van der Waals surface area contributed by atoms with E-state index in [1.165, 1.54) is 5.71 Å². The van der Waals surface area contributed by atoms with Crippen molar-refractivity contribution in [3.8, 4) is 0 Å². The van der Waals surface area contributed by atoms with Gasteiger partial charge in [-0.1, -0.05) is 5.16 Å². The van der Waals surface area contributed by atoms with Crippen molar-refractivity contribution in [1.82, 2.24) is 5.32 Å². The lowest BCUT2D eigenvalue weighted by molar-refractivity contribution is 0.0763. The molecular weight excluding hydrogens is 116 g/mol. The first kappa shape index (κ1) is 5.23. The van der Waals surface area contributed by atoms with Crippen molar-refractivity contribution in [2.24, 2.45) is 11.1 Å². The van der Waals surface area contributed by atoms with Crippen LogP contribution in [0.4, 0.5) is 0 Å². The lowest BCUT2D eigenvalue weighted by atomic mass is 10.0. The molecule has 1 saturated heterocycles. The van der Waals surface area contributed by atoms with Crippen molar-refractivity contribution in [2.45, 2.75) is 13.0 Å². The van der Waals surface area contributed by atoms with Crippen molar-refractivity contribution in [3.05, 3.63) is 0 Å². The Morgan fingerprint density at radius 2 is 2.67 bits per heavy atom. The third-order valence-electron chi connectivity index (χ3n) is 2.00. The molecule has 0 aromatic rings. The van der Waals surface area contributed by atoms with Gasteiger partial charge in [-0.25, -0.2) is 0 Å². The largest absolute Gasteiger partial charge is 0.392 e. The number of fused-ring (bicyclic) bond motifs is 1. The van der Waals surface area contributed by atoms with Gasteiger partial charge in [-0.3, -0.25) is 0 Å². The van der Waals surface area contributed by atoms with Gasteiger partial charge in [0.05, 0.1) is 11.6 Å². The predicted octanol–water partition coefficient (Wildman–Crippen LogP) is -0.0195. The first-order valence-electron chi connectivity index (χ1n) is 3.31. The lowest BCUT2D eigenvalue weighted by Crippen LogP contribution is -2.20. The lowest BCUT2D eigenvalue weighted by Gasteiger charge is -2.06. The molecule has 2 unspecified atom stereocenters. The van der Waals surface area contributed by atoms with E-state index in [9.17, 15) is 0 Å². The Bertz CT molecular complexity index is 155. The third-order valence-corrected chi connectivity index (χ3v) is 2.00. The molecule has 9 heavy (non-hydrogen) atoms. The third kappa shape index (κ3) is 0.645. The van der Waals surface area contributed by atoms with Gasteiger partial charge >= 0.3 is 0 Å². The summed E-state index contributed by atoms with van der Waals surface area (Å²) < 4.78 is 0. The van der Waals surface area contributed by atoms with Gasteiger partial charge in [0.15, 0.2) is 0 Å². The maximum absolute atomic E-state index is 5.07. The van der Waals surface area contributed by atoms with E-state index in [4.69, 9.17) is 4.84 Å². The first-order valence-corrected chi connectivity index (χ1v) is 3.31. The van der Waals surface area contributed by atoms with Crippen LogP contribution in [0.3, 0.4) is 0 Å². The molecule has 0 spiro atoms. The molecule has 50 valence electrons. The molecule has 3 heteroatoms. The Kier molecular flexibility index (Phi) is 0.990. The molecule has 0 aliphatic carbocycles. The molecule has 0 aromatic heterocycles. The van der Waals surface area contributed by atoms with Crippen LogP contribution in [0.15, 0.2) is 5.16 Å². The number of hydrogen-bond donors (Lipinski definition) is 1. The molecule has 0 saturated carbocycles. The van der Waals surface area contributed by atoms with Crippen LogP contribution in [0.2, 0.25) is 0 Å². The zero-order valence-electron chi connectivity index (χ0n) is 5.42. The minimum Gasteiger partial charge on any atom is -0.392 e. The van der Waals surface area contributed by atoms with Crippen LogP contribution in [0.1, 0.15) is 6.92 Å². The number of hydrogen-bond acceptors (Lipinski definition) is 3. The summed E-state index contributed by atoms with van der Waals surface area (Å²) in [7, 11) is 0. The molecule has 0 aromatic carbocycles. The van der Waals surface area contributed by atoms with E-state index in [0.717, 1.165) is 13.1 Å². The van der Waals surface area contributed by atoms with E-state index < -0.39 is 0 Å². The van der Waals surface area contributed by atoms with Gasteiger partial charge in [0.1, 0.15) is 6.10 Å². The van der Waals surface area contributed by atoms with Crippen LogP contribution in [-0.4, -0.2) is 24.9 Å². The second kappa shape index (κ2) is 1.70. The Labute approximate surface area is 54.1 Å². The first-order chi connectivity index (χ1) is 4.38. The van der Waals surface area contributed by atoms with E-state index in [0.29, 0.717) is 12.0 Å². The molecule has 1 fully saturated rings. The zero-order valence-corrected chi connectivity index (χ0v) is 5.42. The molecule has 0 bridgehead atoms. The van der Waals surface area contributed by atoms with E-state index in [1.54, 1.807) is 0 Å². The van der Waals surface area contributed by atoms with Crippen LogP contribution < -0.4 is 5.32 Å². The fourth-order valence-corrected chi connectivity index (χ4v) is 1.37. The molecule has 0 amide bonds. The number of nitrogens with one attached hydrogen (secondary N) is 1. The highest BCUT2D eigenvalue weighted by atomic mass is 16.6. The van der Waals surface area contributed by atoms with Crippen molar-refractivity contribution >= 4 is 5.71 Å².